The summed E-state index contributed by atoms with van der Waals surface area (Å²) in [5.41, 5.74) is 0.725. The van der Waals surface area contributed by atoms with Crippen LogP contribution >= 0.6 is 12.4 Å². The Bertz CT molecular complexity index is 807. The predicted molar refractivity (Wildman–Crippen MR) is 122 cm³/mol. The lowest BCUT2D eigenvalue weighted by Crippen LogP contribution is -2.43. The Morgan fingerprint density at radius 1 is 1.25 bits per heavy atom. The maximum absolute atomic E-state index is 13.0. The van der Waals surface area contributed by atoms with Crippen LogP contribution in [0.15, 0.2) is 18.2 Å². The number of carbonyl (C=O) groups excluding carboxylic acids is 2. The van der Waals surface area contributed by atoms with Crippen LogP contribution in [0.2, 0.25) is 0 Å². The first-order chi connectivity index (χ1) is 15.0. The quantitative estimate of drug-likeness (QED) is 0.567. The minimum Gasteiger partial charge on any atom is -0.491 e. The van der Waals surface area contributed by atoms with E-state index in [1.807, 2.05) is 18.0 Å². The number of esters is 1. The van der Waals surface area contributed by atoms with Crippen molar-refractivity contribution >= 4 is 24.3 Å². The van der Waals surface area contributed by atoms with Crippen molar-refractivity contribution in [2.75, 3.05) is 46.5 Å². The van der Waals surface area contributed by atoms with E-state index in [4.69, 9.17) is 9.47 Å². The third-order valence-corrected chi connectivity index (χ3v) is 7.05. The molecule has 1 aromatic rings. The summed E-state index contributed by atoms with van der Waals surface area (Å²) in [5.74, 6) is 0.298. The van der Waals surface area contributed by atoms with E-state index < -0.39 is 12.3 Å². The number of rotatable bonds is 7. The molecule has 0 bridgehead atoms. The molecule has 0 atom stereocenters. The zero-order chi connectivity index (χ0) is 21.8. The summed E-state index contributed by atoms with van der Waals surface area (Å²) in [6.07, 6.45) is 6.53. The third kappa shape index (κ3) is 5.20. The van der Waals surface area contributed by atoms with Crippen LogP contribution in [0.3, 0.4) is 0 Å². The monoisotopic (exact) mass is 468 g/mol. The van der Waals surface area contributed by atoms with Gasteiger partial charge in [-0.1, -0.05) is 12.5 Å². The summed E-state index contributed by atoms with van der Waals surface area (Å²) in [4.78, 5) is 29.8. The highest BCUT2D eigenvalue weighted by Gasteiger charge is 2.48. The fourth-order valence-corrected chi connectivity index (χ4v) is 5.22. The summed E-state index contributed by atoms with van der Waals surface area (Å²) in [6, 6.07) is 5.28. The highest BCUT2D eigenvalue weighted by molar-refractivity contribution is 5.95. The zero-order valence-corrected chi connectivity index (χ0v) is 19.6. The van der Waals surface area contributed by atoms with Gasteiger partial charge in [0, 0.05) is 31.6 Å². The van der Waals surface area contributed by atoms with Crippen molar-refractivity contribution in [3.05, 3.63) is 29.3 Å². The number of likely N-dealkylation sites (N-methyl/N-ethyl adjacent to an activating group) is 1. The van der Waals surface area contributed by atoms with E-state index in [9.17, 15) is 14.0 Å². The molecule has 0 N–H and O–H groups in total. The maximum Gasteiger partial charge on any atom is 0.339 e. The van der Waals surface area contributed by atoms with Crippen LogP contribution in [-0.2, 0) is 15.1 Å². The molecule has 0 radical (unpaired) electrons. The van der Waals surface area contributed by atoms with Gasteiger partial charge < -0.3 is 19.3 Å². The fraction of sp³-hybridized carbons (Fsp3) is 0.667. The molecule has 3 aliphatic rings. The number of amides is 1. The Kier molecular flexibility index (Phi) is 8.39. The number of halogens is 2. The van der Waals surface area contributed by atoms with Gasteiger partial charge in [0.1, 0.15) is 24.6 Å². The number of alkyl halides is 1. The van der Waals surface area contributed by atoms with Gasteiger partial charge in [0.05, 0.1) is 5.56 Å². The van der Waals surface area contributed by atoms with E-state index in [0.717, 1.165) is 31.7 Å². The number of hydrogen-bond donors (Lipinski definition) is 0. The van der Waals surface area contributed by atoms with Gasteiger partial charge in [-0.05, 0) is 63.7 Å². The first-order valence-electron chi connectivity index (χ1n) is 11.6. The van der Waals surface area contributed by atoms with Gasteiger partial charge in [-0.15, -0.1) is 12.4 Å². The third-order valence-electron chi connectivity index (χ3n) is 7.05. The lowest BCUT2D eigenvalue weighted by Gasteiger charge is -2.37. The van der Waals surface area contributed by atoms with E-state index >= 15 is 0 Å². The maximum atomic E-state index is 13.0. The van der Waals surface area contributed by atoms with Gasteiger partial charge in [0.25, 0.3) is 0 Å². The molecular weight excluding hydrogens is 435 g/mol. The fourth-order valence-electron chi connectivity index (χ4n) is 5.22. The molecule has 1 spiro atoms. The lowest BCUT2D eigenvalue weighted by molar-refractivity contribution is -0.137. The summed E-state index contributed by atoms with van der Waals surface area (Å²) < 4.78 is 23.5. The number of nitrogens with zero attached hydrogens (tertiary/aromatic N) is 2. The summed E-state index contributed by atoms with van der Waals surface area (Å²) in [7, 11) is 1.90. The van der Waals surface area contributed by atoms with Crippen molar-refractivity contribution < 1.29 is 23.5 Å². The summed E-state index contributed by atoms with van der Waals surface area (Å²) in [5, 5.41) is 0. The molecule has 1 aliphatic carbocycles. The van der Waals surface area contributed by atoms with Crippen molar-refractivity contribution in [1.29, 1.82) is 0 Å². The number of benzene rings is 1. The Morgan fingerprint density at radius 2 is 1.97 bits per heavy atom. The molecule has 1 saturated carbocycles. The molecule has 32 heavy (non-hydrogen) atoms. The highest BCUT2D eigenvalue weighted by Crippen LogP contribution is 2.49. The smallest absolute Gasteiger partial charge is 0.339 e. The molecule has 0 unspecified atom stereocenters. The lowest BCUT2D eigenvalue weighted by atomic mass is 9.74. The molecule has 178 valence electrons. The molecule has 2 aliphatic heterocycles. The molecule has 4 rings (SSSR count). The van der Waals surface area contributed by atoms with Gasteiger partial charge in [-0.2, -0.15) is 0 Å². The largest absolute Gasteiger partial charge is 0.491 e. The number of likely N-dealkylation sites (tertiary alicyclic amines) is 1. The van der Waals surface area contributed by atoms with Crippen molar-refractivity contribution in [1.82, 2.24) is 9.80 Å². The average Bonchev–Trinajstić information content (AvgIpc) is 3.07. The summed E-state index contributed by atoms with van der Waals surface area (Å²) in [6.45, 7) is 3.37. The van der Waals surface area contributed by atoms with E-state index in [2.05, 4.69) is 4.90 Å². The van der Waals surface area contributed by atoms with Gasteiger partial charge in [0.2, 0.25) is 5.91 Å². The van der Waals surface area contributed by atoms with E-state index in [-0.39, 0.29) is 36.8 Å². The van der Waals surface area contributed by atoms with Gasteiger partial charge in [-0.25, -0.2) is 9.18 Å². The zero-order valence-electron chi connectivity index (χ0n) is 18.8. The van der Waals surface area contributed by atoms with Crippen LogP contribution in [0.4, 0.5) is 4.39 Å². The molecule has 1 aromatic carbocycles. The van der Waals surface area contributed by atoms with Crippen molar-refractivity contribution in [3.63, 3.8) is 0 Å². The van der Waals surface area contributed by atoms with Gasteiger partial charge in [0.15, 0.2) is 0 Å². The first kappa shape index (κ1) is 24.8. The van der Waals surface area contributed by atoms with E-state index in [1.54, 1.807) is 12.1 Å². The number of piperidine rings is 1. The predicted octanol–water partition coefficient (Wildman–Crippen LogP) is 3.96. The Hall–Kier alpha value is -1.86. The molecule has 8 heteroatoms. The van der Waals surface area contributed by atoms with E-state index in [1.165, 1.54) is 19.3 Å². The van der Waals surface area contributed by atoms with E-state index in [0.29, 0.717) is 37.0 Å². The van der Waals surface area contributed by atoms with Crippen molar-refractivity contribution in [3.8, 4) is 5.75 Å². The van der Waals surface area contributed by atoms with Crippen LogP contribution in [0.1, 0.15) is 60.9 Å². The number of fused-ring (bicyclic) bond motifs is 2. The van der Waals surface area contributed by atoms with Crippen LogP contribution in [0, 0.1) is 5.92 Å². The Balaban J connectivity index is 0.00000289. The normalized spacial score (nSPS) is 25.1. The number of carbonyl (C=O) groups is 2. The molecule has 2 heterocycles. The molecule has 1 saturated heterocycles. The minimum absolute atomic E-state index is 0. The second kappa shape index (κ2) is 10.8. The second-order valence-corrected chi connectivity index (χ2v) is 9.07. The van der Waals surface area contributed by atoms with Gasteiger partial charge in [-0.3, -0.25) is 4.79 Å². The molecule has 6 nitrogen and oxygen atoms in total. The molecule has 2 fully saturated rings. The molecular formula is C24H34ClFN2O4. The van der Waals surface area contributed by atoms with Crippen LogP contribution in [-0.4, -0.2) is 68.2 Å². The second-order valence-electron chi connectivity index (χ2n) is 9.07. The van der Waals surface area contributed by atoms with Crippen molar-refractivity contribution in [2.45, 2.75) is 50.5 Å². The summed E-state index contributed by atoms with van der Waals surface area (Å²) >= 11 is 0. The number of hydrogen-bond acceptors (Lipinski definition) is 5. The van der Waals surface area contributed by atoms with Gasteiger partial charge >= 0.3 is 5.97 Å². The van der Waals surface area contributed by atoms with Crippen LogP contribution in [0.25, 0.3) is 0 Å². The highest BCUT2D eigenvalue weighted by atomic mass is 35.5. The molecule has 0 aromatic heterocycles. The van der Waals surface area contributed by atoms with Crippen LogP contribution < -0.4 is 4.74 Å². The minimum atomic E-state index is -0.645. The standard InChI is InChI=1S/C24H33FN2O4.ClH/c1-26(14-15-27-12-3-2-4-13-27)22(28)18-7-9-24(10-8-18)21-6-5-19(30-16-11-25)17-20(21)23(29)31-24;/h5-6,17-18H,2-4,7-16H2,1H3;1H/t18-,24-;. The Labute approximate surface area is 195 Å². The number of ether oxygens (including phenoxy) is 2. The topological polar surface area (TPSA) is 59.1 Å². The first-order valence-corrected chi connectivity index (χ1v) is 11.6. The SMILES string of the molecule is CN(CCN1CCCCC1)C(=O)[C@H]1CC[C@@]2(CC1)OC(=O)c1cc(OCCF)ccc12.Cl. The molecule has 1 amide bonds. The van der Waals surface area contributed by atoms with Crippen molar-refractivity contribution in [2.24, 2.45) is 5.92 Å². The Morgan fingerprint density at radius 3 is 2.66 bits per heavy atom. The van der Waals surface area contributed by atoms with Crippen LogP contribution in [0.5, 0.6) is 5.75 Å². The average molecular weight is 469 g/mol.